The third kappa shape index (κ3) is 5.93. The van der Waals surface area contributed by atoms with Crippen molar-refractivity contribution in [3.8, 4) is 23.0 Å². The van der Waals surface area contributed by atoms with Crippen molar-refractivity contribution >= 4 is 29.2 Å². The van der Waals surface area contributed by atoms with E-state index in [-0.39, 0.29) is 18.9 Å². The molecule has 0 bridgehead atoms. The number of esters is 1. The molecule has 1 saturated heterocycles. The van der Waals surface area contributed by atoms with Gasteiger partial charge >= 0.3 is 5.97 Å². The van der Waals surface area contributed by atoms with Gasteiger partial charge in [-0.1, -0.05) is 18.2 Å². The van der Waals surface area contributed by atoms with Crippen molar-refractivity contribution in [3.63, 3.8) is 0 Å². The first kappa shape index (κ1) is 24.6. The molecular formula is C27H26N2O7. The Labute approximate surface area is 208 Å². The number of rotatable bonds is 9. The van der Waals surface area contributed by atoms with Crippen molar-refractivity contribution in [1.82, 2.24) is 0 Å². The summed E-state index contributed by atoms with van der Waals surface area (Å²) in [5, 5.41) is 2.67. The highest BCUT2D eigenvalue weighted by Gasteiger charge is 2.37. The van der Waals surface area contributed by atoms with Crippen molar-refractivity contribution in [2.75, 3.05) is 37.6 Å². The summed E-state index contributed by atoms with van der Waals surface area (Å²) in [4.78, 5) is 38.9. The largest absolute Gasteiger partial charge is 0.497 e. The van der Waals surface area contributed by atoms with Crippen LogP contribution in [0.3, 0.4) is 0 Å². The quantitative estimate of drug-likeness (QED) is 0.452. The smallest absolute Gasteiger partial charge is 0.311 e. The minimum absolute atomic E-state index is 0.0241. The Bertz CT molecular complexity index is 1230. The normalized spacial score (nSPS) is 14.8. The number of hydrogen-bond acceptors (Lipinski definition) is 7. The molecule has 186 valence electrons. The molecule has 0 saturated carbocycles. The summed E-state index contributed by atoms with van der Waals surface area (Å²) < 4.78 is 21.5. The number of benzene rings is 3. The number of hydrogen-bond donors (Lipinski definition) is 1. The molecule has 1 atom stereocenters. The van der Waals surface area contributed by atoms with Gasteiger partial charge in [-0.3, -0.25) is 14.4 Å². The van der Waals surface area contributed by atoms with Crippen LogP contribution >= 0.6 is 0 Å². The predicted molar refractivity (Wildman–Crippen MR) is 133 cm³/mol. The maximum Gasteiger partial charge on any atom is 0.311 e. The Kier molecular flexibility index (Phi) is 7.69. The number of ether oxygens (including phenoxy) is 4. The maximum absolute atomic E-state index is 12.6. The van der Waals surface area contributed by atoms with E-state index in [2.05, 4.69) is 5.32 Å². The number of carbonyl (C=O) groups is 3. The molecule has 3 aromatic rings. The number of nitrogens with one attached hydrogen (secondary N) is 1. The van der Waals surface area contributed by atoms with Crippen molar-refractivity contribution in [3.05, 3.63) is 72.8 Å². The minimum Gasteiger partial charge on any atom is -0.497 e. The fraction of sp³-hybridized carbons (Fsp3) is 0.222. The van der Waals surface area contributed by atoms with Crippen molar-refractivity contribution in [2.24, 2.45) is 5.92 Å². The second kappa shape index (κ2) is 11.3. The molecule has 9 nitrogen and oxygen atoms in total. The van der Waals surface area contributed by atoms with Crippen LogP contribution in [0, 0.1) is 5.92 Å². The van der Waals surface area contributed by atoms with E-state index < -0.39 is 24.4 Å². The zero-order valence-corrected chi connectivity index (χ0v) is 19.9. The molecule has 36 heavy (non-hydrogen) atoms. The van der Waals surface area contributed by atoms with E-state index in [0.717, 1.165) is 0 Å². The Hall–Kier alpha value is -4.53. The lowest BCUT2D eigenvalue weighted by atomic mass is 10.1. The minimum atomic E-state index is -0.698. The van der Waals surface area contributed by atoms with Crippen LogP contribution in [0.4, 0.5) is 11.4 Å². The summed E-state index contributed by atoms with van der Waals surface area (Å²) in [6.45, 7) is -0.347. The van der Waals surface area contributed by atoms with Crippen molar-refractivity contribution in [2.45, 2.75) is 6.42 Å². The van der Waals surface area contributed by atoms with Crippen LogP contribution in [0.1, 0.15) is 6.42 Å². The molecule has 0 unspecified atom stereocenters. The van der Waals surface area contributed by atoms with Crippen molar-refractivity contribution < 1.29 is 33.3 Å². The highest BCUT2D eigenvalue weighted by Crippen LogP contribution is 2.36. The lowest BCUT2D eigenvalue weighted by Crippen LogP contribution is -2.28. The summed E-state index contributed by atoms with van der Waals surface area (Å²) >= 11 is 0. The van der Waals surface area contributed by atoms with E-state index in [0.29, 0.717) is 34.4 Å². The Morgan fingerprint density at radius 1 is 0.917 bits per heavy atom. The number of anilines is 2. The van der Waals surface area contributed by atoms with Gasteiger partial charge in [0, 0.05) is 24.7 Å². The molecular weight excluding hydrogens is 464 g/mol. The lowest BCUT2D eigenvalue weighted by molar-refractivity contribution is -0.151. The molecule has 0 radical (unpaired) electrons. The number of amides is 2. The van der Waals surface area contributed by atoms with Crippen LogP contribution < -0.4 is 24.4 Å². The highest BCUT2D eigenvalue weighted by atomic mass is 16.5. The average molecular weight is 491 g/mol. The third-order valence-electron chi connectivity index (χ3n) is 5.60. The van der Waals surface area contributed by atoms with Gasteiger partial charge in [0.15, 0.2) is 6.61 Å². The van der Waals surface area contributed by atoms with Gasteiger partial charge in [-0.25, -0.2) is 0 Å². The Morgan fingerprint density at radius 3 is 2.31 bits per heavy atom. The topological polar surface area (TPSA) is 103 Å². The Balaban J connectivity index is 1.28. The average Bonchev–Trinajstić information content (AvgIpc) is 3.30. The van der Waals surface area contributed by atoms with Gasteiger partial charge in [0.1, 0.15) is 23.0 Å². The van der Waals surface area contributed by atoms with Crippen LogP contribution in [-0.4, -0.2) is 45.2 Å². The predicted octanol–water partition coefficient (Wildman–Crippen LogP) is 4.03. The van der Waals surface area contributed by atoms with E-state index in [4.69, 9.17) is 18.9 Å². The molecule has 0 aliphatic carbocycles. The van der Waals surface area contributed by atoms with Gasteiger partial charge in [0.05, 0.1) is 25.8 Å². The van der Waals surface area contributed by atoms with Crippen LogP contribution in [0.25, 0.3) is 0 Å². The molecule has 1 aliphatic rings. The van der Waals surface area contributed by atoms with E-state index in [1.165, 1.54) is 19.1 Å². The Morgan fingerprint density at radius 2 is 1.61 bits per heavy atom. The van der Waals surface area contributed by atoms with Gasteiger partial charge < -0.3 is 29.2 Å². The van der Waals surface area contributed by atoms with E-state index in [9.17, 15) is 14.4 Å². The zero-order chi connectivity index (χ0) is 25.5. The highest BCUT2D eigenvalue weighted by molar-refractivity contribution is 6.01. The fourth-order valence-corrected chi connectivity index (χ4v) is 3.79. The van der Waals surface area contributed by atoms with Crippen molar-refractivity contribution in [1.29, 1.82) is 0 Å². The van der Waals surface area contributed by atoms with Gasteiger partial charge in [-0.15, -0.1) is 0 Å². The second-order valence-electron chi connectivity index (χ2n) is 8.04. The second-order valence-corrected chi connectivity index (χ2v) is 8.04. The fourth-order valence-electron chi connectivity index (χ4n) is 3.79. The van der Waals surface area contributed by atoms with E-state index in [1.54, 1.807) is 42.5 Å². The molecule has 3 aromatic carbocycles. The number of nitrogens with zero attached hydrogens (tertiary/aromatic N) is 1. The van der Waals surface area contributed by atoms with Crippen LogP contribution in [0.15, 0.2) is 72.8 Å². The lowest BCUT2D eigenvalue weighted by Gasteiger charge is -2.20. The summed E-state index contributed by atoms with van der Waals surface area (Å²) in [5.41, 5.74) is 1.04. The first-order chi connectivity index (χ1) is 17.5. The number of para-hydroxylation sites is 1. The van der Waals surface area contributed by atoms with E-state index in [1.807, 2.05) is 30.3 Å². The van der Waals surface area contributed by atoms with E-state index >= 15 is 0 Å². The molecule has 4 rings (SSSR count). The summed E-state index contributed by atoms with van der Waals surface area (Å²) in [6.07, 6.45) is -0.0241. The SMILES string of the molecule is COc1ccc(OC)c(N2C[C@@H](C(=O)OCC(=O)Nc3ccc(Oc4ccccc4)cc3)CC2=O)c1. The van der Waals surface area contributed by atoms with Gasteiger partial charge in [0.2, 0.25) is 5.91 Å². The molecule has 1 fully saturated rings. The first-order valence-electron chi connectivity index (χ1n) is 11.3. The summed E-state index contributed by atoms with van der Waals surface area (Å²) in [5.74, 6) is 0.314. The number of methoxy groups -OCH3 is 2. The van der Waals surface area contributed by atoms with Crippen LogP contribution in [0.2, 0.25) is 0 Å². The zero-order valence-electron chi connectivity index (χ0n) is 19.9. The molecule has 1 aliphatic heterocycles. The van der Waals surface area contributed by atoms with Crippen LogP contribution in [-0.2, 0) is 19.1 Å². The van der Waals surface area contributed by atoms with Crippen LogP contribution in [0.5, 0.6) is 23.0 Å². The van der Waals surface area contributed by atoms with Gasteiger partial charge in [-0.05, 0) is 48.5 Å². The molecule has 1 N–H and O–H groups in total. The molecule has 9 heteroatoms. The molecule has 2 amide bonds. The summed E-state index contributed by atoms with van der Waals surface area (Å²) in [6, 6.07) is 21.2. The first-order valence-corrected chi connectivity index (χ1v) is 11.3. The van der Waals surface area contributed by atoms with Gasteiger partial charge in [0.25, 0.3) is 5.91 Å². The molecule has 0 aromatic heterocycles. The standard InChI is InChI=1S/C27H26N2O7/c1-33-22-12-13-24(34-2)23(15-22)29-16-18(14-26(29)31)27(32)35-17-25(30)28-19-8-10-21(11-9-19)36-20-6-4-3-5-7-20/h3-13,15,18H,14,16-17H2,1-2H3,(H,28,30)/t18-/m0/s1. The van der Waals surface area contributed by atoms with Gasteiger partial charge in [-0.2, -0.15) is 0 Å². The third-order valence-corrected chi connectivity index (χ3v) is 5.60. The summed E-state index contributed by atoms with van der Waals surface area (Å²) in [7, 11) is 3.02. The molecule has 1 heterocycles. The monoisotopic (exact) mass is 490 g/mol. The maximum atomic E-state index is 12.6. The molecule has 0 spiro atoms. The number of carbonyl (C=O) groups excluding carboxylic acids is 3.